The summed E-state index contributed by atoms with van der Waals surface area (Å²) in [5.74, 6) is 0.538. The van der Waals surface area contributed by atoms with Gasteiger partial charge in [0.25, 0.3) is 5.89 Å². The van der Waals surface area contributed by atoms with Crippen molar-refractivity contribution in [2.75, 3.05) is 6.61 Å². The lowest BCUT2D eigenvalue weighted by molar-refractivity contribution is -0.0957. The molecule has 2 rings (SSSR count). The van der Waals surface area contributed by atoms with Crippen molar-refractivity contribution in [3.8, 4) is 0 Å². The first-order chi connectivity index (χ1) is 8.51. The third-order valence-electron chi connectivity index (χ3n) is 3.78. The highest BCUT2D eigenvalue weighted by Gasteiger charge is 2.43. The highest BCUT2D eigenvalue weighted by atomic mass is 16.5. The van der Waals surface area contributed by atoms with E-state index in [1.165, 1.54) is 0 Å². The summed E-state index contributed by atoms with van der Waals surface area (Å²) in [6, 6.07) is 0. The third-order valence-corrected chi connectivity index (χ3v) is 3.78. The predicted molar refractivity (Wildman–Crippen MR) is 65.2 cm³/mol. The molecular formula is C13H20N2O3. The van der Waals surface area contributed by atoms with E-state index in [0.717, 1.165) is 25.7 Å². The van der Waals surface area contributed by atoms with Gasteiger partial charge in [-0.15, -0.1) is 0 Å². The Balaban J connectivity index is 2.24. The summed E-state index contributed by atoms with van der Waals surface area (Å²) in [6.07, 6.45) is 4.41. The van der Waals surface area contributed by atoms with Crippen LogP contribution < -0.4 is 0 Å². The molecule has 0 amide bonds. The van der Waals surface area contributed by atoms with Gasteiger partial charge in [0.1, 0.15) is 5.60 Å². The molecule has 0 atom stereocenters. The average Bonchev–Trinajstić information content (AvgIpc) is 2.82. The lowest BCUT2D eigenvalue weighted by Gasteiger charge is -2.41. The number of hydrogen-bond acceptors (Lipinski definition) is 5. The van der Waals surface area contributed by atoms with Crippen molar-refractivity contribution >= 4 is 6.29 Å². The van der Waals surface area contributed by atoms with Gasteiger partial charge in [0.05, 0.1) is 0 Å². The van der Waals surface area contributed by atoms with Gasteiger partial charge in [-0.3, -0.25) is 4.79 Å². The number of nitrogens with zero attached hydrogens (tertiary/aromatic N) is 2. The zero-order valence-corrected chi connectivity index (χ0v) is 11.2. The molecular weight excluding hydrogens is 232 g/mol. The summed E-state index contributed by atoms with van der Waals surface area (Å²) in [4.78, 5) is 14.8. The molecule has 0 aliphatic heterocycles. The van der Waals surface area contributed by atoms with Gasteiger partial charge in [-0.1, -0.05) is 19.0 Å². The molecule has 0 saturated heterocycles. The fourth-order valence-electron chi connectivity index (χ4n) is 2.51. The molecule has 1 fully saturated rings. The molecule has 5 nitrogen and oxygen atoms in total. The molecule has 0 spiro atoms. The van der Waals surface area contributed by atoms with E-state index in [-0.39, 0.29) is 5.89 Å². The number of carbonyl (C=O) groups excluding carboxylic acids is 1. The van der Waals surface area contributed by atoms with Crippen molar-refractivity contribution in [1.29, 1.82) is 0 Å². The summed E-state index contributed by atoms with van der Waals surface area (Å²) < 4.78 is 10.8. The fraction of sp³-hybridized carbons (Fsp3) is 0.769. The first-order valence-electron chi connectivity index (χ1n) is 6.45. The molecule has 0 radical (unpaired) electrons. The van der Waals surface area contributed by atoms with Crippen molar-refractivity contribution in [3.63, 3.8) is 0 Å². The Kier molecular flexibility index (Phi) is 3.52. The number of hydrogen-bond donors (Lipinski definition) is 0. The minimum Gasteiger partial charge on any atom is -0.367 e. The molecule has 0 aromatic carbocycles. The quantitative estimate of drug-likeness (QED) is 0.771. The largest absolute Gasteiger partial charge is 0.367 e. The lowest BCUT2D eigenvalue weighted by atomic mass is 9.70. The van der Waals surface area contributed by atoms with Crippen LogP contribution in [0.2, 0.25) is 0 Å². The van der Waals surface area contributed by atoms with Crippen LogP contribution in [-0.4, -0.2) is 23.0 Å². The summed E-state index contributed by atoms with van der Waals surface area (Å²) in [5.41, 5.74) is -0.146. The first-order valence-corrected chi connectivity index (χ1v) is 6.45. The Hall–Kier alpha value is -1.23. The molecule has 1 aliphatic rings. The van der Waals surface area contributed by atoms with Crippen molar-refractivity contribution in [2.24, 2.45) is 5.41 Å². The standard InChI is InChI=1S/C13H20N2O3/c1-4-17-13(7-5-12(2,3)6-8-13)11-14-10(9-16)18-15-11/h9H,4-8H2,1-3H3. The Bertz CT molecular complexity index is 416. The van der Waals surface area contributed by atoms with Gasteiger partial charge in [0, 0.05) is 6.61 Å². The van der Waals surface area contributed by atoms with Crippen LogP contribution in [0.5, 0.6) is 0 Å². The van der Waals surface area contributed by atoms with Crippen LogP contribution in [0.3, 0.4) is 0 Å². The molecule has 1 aromatic heterocycles. The molecule has 0 bridgehead atoms. The third kappa shape index (κ3) is 2.46. The maximum Gasteiger partial charge on any atom is 0.290 e. The van der Waals surface area contributed by atoms with Crippen molar-refractivity contribution in [3.05, 3.63) is 11.7 Å². The molecule has 1 aromatic rings. The van der Waals surface area contributed by atoms with Crippen molar-refractivity contribution < 1.29 is 14.1 Å². The van der Waals surface area contributed by atoms with Gasteiger partial charge >= 0.3 is 0 Å². The first kappa shape index (κ1) is 13.2. The van der Waals surface area contributed by atoms with E-state index in [1.54, 1.807) is 0 Å². The van der Waals surface area contributed by atoms with E-state index in [4.69, 9.17) is 9.26 Å². The van der Waals surface area contributed by atoms with E-state index in [2.05, 4.69) is 24.0 Å². The second kappa shape index (κ2) is 4.80. The Labute approximate surface area is 107 Å². The molecule has 1 saturated carbocycles. The average molecular weight is 252 g/mol. The number of ether oxygens (including phenoxy) is 1. The predicted octanol–water partition coefficient (Wildman–Crippen LogP) is 2.71. The second-order valence-electron chi connectivity index (χ2n) is 5.67. The maximum atomic E-state index is 10.6. The van der Waals surface area contributed by atoms with Gasteiger partial charge in [-0.05, 0) is 38.0 Å². The highest BCUT2D eigenvalue weighted by Crippen LogP contribution is 2.46. The number of aromatic nitrogens is 2. The molecule has 0 unspecified atom stereocenters. The Morgan fingerprint density at radius 2 is 2.00 bits per heavy atom. The molecule has 18 heavy (non-hydrogen) atoms. The van der Waals surface area contributed by atoms with Crippen LogP contribution in [0, 0.1) is 5.41 Å². The zero-order chi connectivity index (χ0) is 13.2. The minimum absolute atomic E-state index is 0.0221. The van der Waals surface area contributed by atoms with Gasteiger partial charge in [0.15, 0.2) is 0 Å². The van der Waals surface area contributed by atoms with Gasteiger partial charge in [-0.25, -0.2) is 0 Å². The van der Waals surface area contributed by atoms with E-state index in [1.807, 2.05) is 6.92 Å². The van der Waals surface area contributed by atoms with E-state index in [0.29, 0.717) is 24.1 Å². The van der Waals surface area contributed by atoms with Crippen LogP contribution in [0.15, 0.2) is 4.52 Å². The van der Waals surface area contributed by atoms with Crippen LogP contribution in [0.25, 0.3) is 0 Å². The Morgan fingerprint density at radius 3 is 2.50 bits per heavy atom. The number of rotatable bonds is 4. The van der Waals surface area contributed by atoms with Gasteiger partial charge in [0.2, 0.25) is 12.1 Å². The van der Waals surface area contributed by atoms with Crippen LogP contribution in [0.1, 0.15) is 63.0 Å². The smallest absolute Gasteiger partial charge is 0.290 e. The van der Waals surface area contributed by atoms with Gasteiger partial charge < -0.3 is 9.26 Å². The molecule has 1 aliphatic carbocycles. The maximum absolute atomic E-state index is 10.6. The van der Waals surface area contributed by atoms with E-state index in [9.17, 15) is 4.79 Å². The summed E-state index contributed by atoms with van der Waals surface area (Å²) in [5, 5.41) is 3.91. The highest BCUT2D eigenvalue weighted by molar-refractivity contribution is 5.67. The van der Waals surface area contributed by atoms with E-state index >= 15 is 0 Å². The van der Waals surface area contributed by atoms with Crippen molar-refractivity contribution in [2.45, 2.75) is 52.1 Å². The summed E-state index contributed by atoms with van der Waals surface area (Å²) in [7, 11) is 0. The van der Waals surface area contributed by atoms with Crippen LogP contribution >= 0.6 is 0 Å². The SMILES string of the molecule is CCOC1(c2noc(C=O)n2)CCC(C)(C)CC1. The normalized spacial score (nSPS) is 21.7. The van der Waals surface area contributed by atoms with Crippen molar-refractivity contribution in [1.82, 2.24) is 10.1 Å². The summed E-state index contributed by atoms with van der Waals surface area (Å²) >= 11 is 0. The monoisotopic (exact) mass is 252 g/mol. The second-order valence-corrected chi connectivity index (χ2v) is 5.67. The molecule has 100 valence electrons. The topological polar surface area (TPSA) is 65.2 Å². The molecule has 0 N–H and O–H groups in total. The number of carbonyl (C=O) groups is 1. The zero-order valence-electron chi connectivity index (χ0n) is 11.2. The van der Waals surface area contributed by atoms with E-state index < -0.39 is 5.60 Å². The Morgan fingerprint density at radius 1 is 1.33 bits per heavy atom. The van der Waals surface area contributed by atoms with Gasteiger partial charge in [-0.2, -0.15) is 4.98 Å². The minimum atomic E-state index is -0.477. The molecule has 5 heteroatoms. The van der Waals surface area contributed by atoms with Crippen LogP contribution in [-0.2, 0) is 10.3 Å². The summed E-state index contributed by atoms with van der Waals surface area (Å²) in [6.45, 7) is 7.08. The lowest BCUT2D eigenvalue weighted by Crippen LogP contribution is -2.38. The van der Waals surface area contributed by atoms with Crippen LogP contribution in [0.4, 0.5) is 0 Å². The number of aldehydes is 1. The fourth-order valence-corrected chi connectivity index (χ4v) is 2.51. The molecule has 1 heterocycles.